The lowest BCUT2D eigenvalue weighted by Gasteiger charge is -2.02. The second-order valence-corrected chi connectivity index (χ2v) is 2.13. The molecule has 0 radical (unpaired) electrons. The van der Waals surface area contributed by atoms with Crippen LogP contribution in [-0.4, -0.2) is 18.6 Å². The van der Waals surface area contributed by atoms with E-state index in [4.69, 9.17) is 0 Å². The smallest absolute Gasteiger partial charge is 0.304 e. The highest BCUT2D eigenvalue weighted by Crippen LogP contribution is 1.84. The van der Waals surface area contributed by atoms with E-state index in [2.05, 4.69) is 10.1 Å². The number of nitrogens with one attached hydrogen (secondary N) is 1. The highest BCUT2D eigenvalue weighted by atomic mass is 16.5. The Kier molecular flexibility index (Phi) is 5.15. The average molecular weight is 159 g/mol. The summed E-state index contributed by atoms with van der Waals surface area (Å²) in [6.45, 7) is 3.19. The van der Waals surface area contributed by atoms with Crippen molar-refractivity contribution in [3.63, 3.8) is 0 Å². The van der Waals surface area contributed by atoms with E-state index in [9.17, 15) is 9.59 Å². The number of ether oxygens (including phenoxy) is 1. The van der Waals surface area contributed by atoms with Gasteiger partial charge in [-0.05, 0) is 6.42 Å². The summed E-state index contributed by atoms with van der Waals surface area (Å²) in [6, 6.07) is 0. The van der Waals surface area contributed by atoms with Crippen molar-refractivity contribution in [3.05, 3.63) is 0 Å². The van der Waals surface area contributed by atoms with E-state index in [-0.39, 0.29) is 18.6 Å². The Hall–Kier alpha value is -1.06. The molecule has 0 aliphatic heterocycles. The van der Waals surface area contributed by atoms with Crippen molar-refractivity contribution in [2.75, 3.05) is 6.73 Å². The summed E-state index contributed by atoms with van der Waals surface area (Å²) in [4.78, 5) is 20.9. The zero-order chi connectivity index (χ0) is 8.69. The first-order valence-corrected chi connectivity index (χ1v) is 3.57. The van der Waals surface area contributed by atoms with Gasteiger partial charge in [-0.1, -0.05) is 6.92 Å². The third-order valence-corrected chi connectivity index (χ3v) is 1.02. The number of hydrogen-bond donors (Lipinski definition) is 1. The van der Waals surface area contributed by atoms with Gasteiger partial charge in [0.25, 0.3) is 0 Å². The van der Waals surface area contributed by atoms with Crippen LogP contribution in [0.15, 0.2) is 0 Å². The monoisotopic (exact) mass is 159 g/mol. The van der Waals surface area contributed by atoms with Gasteiger partial charge in [0.2, 0.25) is 5.91 Å². The van der Waals surface area contributed by atoms with Crippen LogP contribution in [0.25, 0.3) is 0 Å². The van der Waals surface area contributed by atoms with E-state index in [1.807, 2.05) is 6.92 Å². The summed E-state index contributed by atoms with van der Waals surface area (Å²) in [5.41, 5.74) is 0. The maximum Gasteiger partial charge on any atom is 0.304 e. The van der Waals surface area contributed by atoms with Crippen LogP contribution in [0.5, 0.6) is 0 Å². The van der Waals surface area contributed by atoms with Crippen molar-refractivity contribution in [1.82, 2.24) is 5.32 Å². The molecule has 0 atom stereocenters. The van der Waals surface area contributed by atoms with Crippen LogP contribution in [0.1, 0.15) is 26.7 Å². The molecule has 0 fully saturated rings. The Labute approximate surface area is 65.9 Å². The largest absolute Gasteiger partial charge is 0.445 e. The van der Waals surface area contributed by atoms with Crippen molar-refractivity contribution in [3.8, 4) is 0 Å². The second kappa shape index (κ2) is 5.70. The number of rotatable bonds is 4. The van der Waals surface area contributed by atoms with E-state index in [0.29, 0.717) is 6.42 Å². The summed E-state index contributed by atoms with van der Waals surface area (Å²) in [5.74, 6) is -0.476. The highest BCUT2D eigenvalue weighted by Gasteiger charge is 1.97. The Morgan fingerprint density at radius 3 is 2.55 bits per heavy atom. The average Bonchev–Trinajstić information content (AvgIpc) is 1.87. The van der Waals surface area contributed by atoms with Crippen LogP contribution in [0, 0.1) is 0 Å². The maximum atomic E-state index is 10.7. The topological polar surface area (TPSA) is 55.4 Å². The number of carbonyl (C=O) groups excluding carboxylic acids is 2. The van der Waals surface area contributed by atoms with Gasteiger partial charge in [0, 0.05) is 13.3 Å². The SMILES string of the molecule is CCCC(=O)NCOC(C)=O. The second-order valence-electron chi connectivity index (χ2n) is 2.13. The molecule has 0 saturated carbocycles. The first-order chi connectivity index (χ1) is 5.16. The number of amides is 1. The van der Waals surface area contributed by atoms with Gasteiger partial charge >= 0.3 is 5.97 Å². The van der Waals surface area contributed by atoms with Gasteiger partial charge in [-0.2, -0.15) is 0 Å². The molecule has 0 rings (SSSR count). The zero-order valence-corrected chi connectivity index (χ0v) is 6.85. The Morgan fingerprint density at radius 1 is 1.45 bits per heavy atom. The molecule has 4 heteroatoms. The van der Waals surface area contributed by atoms with E-state index in [1.165, 1.54) is 6.92 Å². The minimum Gasteiger partial charge on any atom is -0.445 e. The summed E-state index contributed by atoms with van der Waals surface area (Å²) in [7, 11) is 0. The van der Waals surface area contributed by atoms with Crippen LogP contribution in [0.2, 0.25) is 0 Å². The predicted molar refractivity (Wildman–Crippen MR) is 39.7 cm³/mol. The van der Waals surface area contributed by atoms with Gasteiger partial charge < -0.3 is 10.1 Å². The van der Waals surface area contributed by atoms with Crippen LogP contribution in [0.3, 0.4) is 0 Å². The standard InChI is InChI=1S/C7H13NO3/c1-3-4-7(10)8-5-11-6(2)9/h3-5H2,1-2H3,(H,8,10). The maximum absolute atomic E-state index is 10.7. The van der Waals surface area contributed by atoms with Gasteiger partial charge in [0.05, 0.1) is 0 Å². The molecule has 1 amide bonds. The highest BCUT2D eigenvalue weighted by molar-refractivity contribution is 5.75. The molecule has 64 valence electrons. The van der Waals surface area contributed by atoms with Gasteiger partial charge in [0.1, 0.15) is 0 Å². The Morgan fingerprint density at radius 2 is 2.09 bits per heavy atom. The minimum atomic E-state index is -0.387. The lowest BCUT2D eigenvalue weighted by Crippen LogP contribution is -2.26. The fourth-order valence-corrected chi connectivity index (χ4v) is 0.534. The van der Waals surface area contributed by atoms with E-state index < -0.39 is 0 Å². The summed E-state index contributed by atoms with van der Waals surface area (Å²) in [5, 5.41) is 2.43. The number of esters is 1. The fourth-order valence-electron chi connectivity index (χ4n) is 0.534. The molecule has 0 saturated heterocycles. The van der Waals surface area contributed by atoms with Crippen molar-refractivity contribution >= 4 is 11.9 Å². The molecule has 11 heavy (non-hydrogen) atoms. The van der Waals surface area contributed by atoms with Crippen LogP contribution in [0.4, 0.5) is 0 Å². The minimum absolute atomic E-state index is 0.0197. The number of carbonyl (C=O) groups is 2. The molecule has 0 unspecified atom stereocenters. The molecule has 0 aliphatic carbocycles. The number of hydrogen-bond acceptors (Lipinski definition) is 3. The zero-order valence-electron chi connectivity index (χ0n) is 6.85. The first kappa shape index (κ1) is 9.94. The molecule has 0 aromatic rings. The molecular formula is C7H13NO3. The van der Waals surface area contributed by atoms with Crippen LogP contribution >= 0.6 is 0 Å². The van der Waals surface area contributed by atoms with E-state index in [0.717, 1.165) is 6.42 Å². The van der Waals surface area contributed by atoms with E-state index >= 15 is 0 Å². The molecule has 0 bridgehead atoms. The van der Waals surface area contributed by atoms with Gasteiger partial charge in [0.15, 0.2) is 6.73 Å². The molecule has 1 N–H and O–H groups in total. The first-order valence-electron chi connectivity index (χ1n) is 3.57. The summed E-state index contributed by atoms with van der Waals surface area (Å²) < 4.78 is 4.49. The van der Waals surface area contributed by atoms with Crippen LogP contribution < -0.4 is 5.32 Å². The quantitative estimate of drug-likeness (QED) is 0.478. The molecular weight excluding hydrogens is 146 g/mol. The Bertz CT molecular complexity index is 145. The third-order valence-electron chi connectivity index (χ3n) is 1.02. The van der Waals surface area contributed by atoms with Crippen LogP contribution in [-0.2, 0) is 14.3 Å². The van der Waals surface area contributed by atoms with E-state index in [1.54, 1.807) is 0 Å². The van der Waals surface area contributed by atoms with Gasteiger partial charge in [-0.25, -0.2) is 0 Å². The lowest BCUT2D eigenvalue weighted by molar-refractivity contribution is -0.142. The Balaban J connectivity index is 3.24. The van der Waals surface area contributed by atoms with Crippen molar-refractivity contribution in [1.29, 1.82) is 0 Å². The molecule has 0 aliphatic rings. The fraction of sp³-hybridized carbons (Fsp3) is 0.714. The predicted octanol–water partition coefficient (Wildman–Crippen LogP) is 0.423. The summed E-state index contributed by atoms with van der Waals surface area (Å²) in [6.07, 6.45) is 1.27. The normalized spacial score (nSPS) is 8.91. The molecule has 0 aromatic heterocycles. The van der Waals surface area contributed by atoms with Crippen molar-refractivity contribution in [2.45, 2.75) is 26.7 Å². The lowest BCUT2D eigenvalue weighted by atomic mass is 10.3. The summed E-state index contributed by atoms with van der Waals surface area (Å²) >= 11 is 0. The molecule has 0 heterocycles. The van der Waals surface area contributed by atoms with Crippen molar-refractivity contribution < 1.29 is 14.3 Å². The third kappa shape index (κ3) is 6.83. The van der Waals surface area contributed by atoms with Crippen molar-refractivity contribution in [2.24, 2.45) is 0 Å². The molecule has 0 aromatic carbocycles. The molecule has 4 nitrogen and oxygen atoms in total. The molecule has 0 spiro atoms. The van der Waals surface area contributed by atoms with Gasteiger partial charge in [-0.15, -0.1) is 0 Å². The van der Waals surface area contributed by atoms with Gasteiger partial charge in [-0.3, -0.25) is 9.59 Å².